The van der Waals surface area contributed by atoms with Crippen molar-refractivity contribution in [1.82, 2.24) is 10.3 Å². The second-order valence-corrected chi connectivity index (χ2v) is 4.77. The molecule has 0 unspecified atom stereocenters. The first kappa shape index (κ1) is 15.3. The van der Waals surface area contributed by atoms with Crippen molar-refractivity contribution >= 4 is 6.08 Å². The van der Waals surface area contributed by atoms with E-state index in [2.05, 4.69) is 35.4 Å². The van der Waals surface area contributed by atoms with Gasteiger partial charge in [0, 0.05) is 18.3 Å². The molecule has 0 spiro atoms. The Morgan fingerprint density at radius 3 is 2.81 bits per heavy atom. The van der Waals surface area contributed by atoms with Crippen molar-refractivity contribution in [3.8, 4) is 5.88 Å². The molecule has 1 N–H and O–H groups in total. The zero-order chi connectivity index (χ0) is 14.8. The van der Waals surface area contributed by atoms with Crippen LogP contribution >= 0.6 is 0 Å². The summed E-state index contributed by atoms with van der Waals surface area (Å²) in [5.41, 5.74) is 2.27. The molecule has 1 aromatic carbocycles. The molecule has 0 atom stereocenters. The van der Waals surface area contributed by atoms with Gasteiger partial charge in [-0.05, 0) is 30.7 Å². The minimum absolute atomic E-state index is 0.521. The smallest absolute Gasteiger partial charge is 0.218 e. The summed E-state index contributed by atoms with van der Waals surface area (Å²) in [4.78, 5) is 4.31. The number of nitrogens with one attached hydrogen (secondary N) is 1. The van der Waals surface area contributed by atoms with Gasteiger partial charge in [0.1, 0.15) is 6.61 Å². The van der Waals surface area contributed by atoms with Crippen molar-refractivity contribution in [2.75, 3.05) is 13.2 Å². The van der Waals surface area contributed by atoms with E-state index in [4.69, 9.17) is 4.74 Å². The first-order chi connectivity index (χ1) is 10.4. The molecule has 1 aromatic heterocycles. The maximum absolute atomic E-state index is 5.75. The van der Waals surface area contributed by atoms with Gasteiger partial charge in [-0.1, -0.05) is 49.4 Å². The lowest BCUT2D eigenvalue weighted by molar-refractivity contribution is 0.343. The Morgan fingerprint density at radius 1 is 1.14 bits per heavy atom. The third-order valence-electron chi connectivity index (χ3n) is 3.02. The van der Waals surface area contributed by atoms with Gasteiger partial charge >= 0.3 is 0 Å². The predicted molar refractivity (Wildman–Crippen MR) is 87.2 cm³/mol. The minimum atomic E-state index is 0.521. The van der Waals surface area contributed by atoms with Gasteiger partial charge in [-0.15, -0.1) is 0 Å². The molecule has 0 aliphatic heterocycles. The van der Waals surface area contributed by atoms with Gasteiger partial charge in [-0.2, -0.15) is 0 Å². The first-order valence-corrected chi connectivity index (χ1v) is 7.39. The molecule has 0 bridgehead atoms. The lowest BCUT2D eigenvalue weighted by atomic mass is 10.2. The van der Waals surface area contributed by atoms with E-state index in [-0.39, 0.29) is 0 Å². The molecule has 0 aliphatic rings. The van der Waals surface area contributed by atoms with Gasteiger partial charge in [0.25, 0.3) is 0 Å². The molecule has 0 radical (unpaired) electrons. The zero-order valence-corrected chi connectivity index (χ0v) is 12.5. The number of pyridine rings is 1. The third kappa shape index (κ3) is 5.40. The molecule has 3 nitrogen and oxygen atoms in total. The number of ether oxygens (including phenoxy) is 1. The normalized spacial score (nSPS) is 10.9. The monoisotopic (exact) mass is 282 g/mol. The average Bonchev–Trinajstić information content (AvgIpc) is 2.54. The maximum atomic E-state index is 5.75. The van der Waals surface area contributed by atoms with E-state index in [9.17, 15) is 0 Å². The van der Waals surface area contributed by atoms with Crippen molar-refractivity contribution in [1.29, 1.82) is 0 Å². The van der Waals surface area contributed by atoms with E-state index in [0.717, 1.165) is 25.1 Å². The van der Waals surface area contributed by atoms with E-state index >= 15 is 0 Å². The summed E-state index contributed by atoms with van der Waals surface area (Å²) in [6, 6.07) is 14.2. The number of nitrogens with zero attached hydrogens (tertiary/aromatic N) is 1. The fraction of sp³-hybridized carbons (Fsp3) is 0.278. The Kier molecular flexibility index (Phi) is 6.49. The Balaban J connectivity index is 1.86. The van der Waals surface area contributed by atoms with Gasteiger partial charge in [0.05, 0.1) is 0 Å². The molecule has 0 amide bonds. The molecule has 21 heavy (non-hydrogen) atoms. The molecule has 0 saturated heterocycles. The Bertz CT molecular complexity index is 552. The van der Waals surface area contributed by atoms with Crippen LogP contribution in [-0.4, -0.2) is 18.1 Å². The van der Waals surface area contributed by atoms with Crippen molar-refractivity contribution < 1.29 is 4.74 Å². The van der Waals surface area contributed by atoms with E-state index in [1.165, 1.54) is 5.56 Å². The van der Waals surface area contributed by atoms with Crippen LogP contribution in [0.1, 0.15) is 24.5 Å². The van der Waals surface area contributed by atoms with Gasteiger partial charge in [-0.3, -0.25) is 0 Å². The summed E-state index contributed by atoms with van der Waals surface area (Å²) in [5.74, 6) is 0.707. The standard InChI is InChI=1S/C18H22N2O/c1-2-12-19-15-17-11-6-13-20-18(17)21-14-7-10-16-8-4-3-5-9-16/h3-11,13,19H,2,12,14-15H2,1H3. The molecule has 3 heteroatoms. The van der Waals surface area contributed by atoms with Crippen LogP contribution in [0, 0.1) is 0 Å². The van der Waals surface area contributed by atoms with Gasteiger partial charge in [-0.25, -0.2) is 4.98 Å². The number of benzene rings is 1. The molecule has 0 fully saturated rings. The van der Waals surface area contributed by atoms with Crippen molar-refractivity contribution in [2.45, 2.75) is 19.9 Å². The van der Waals surface area contributed by atoms with Crippen LogP contribution in [0.2, 0.25) is 0 Å². The number of hydrogen-bond acceptors (Lipinski definition) is 3. The first-order valence-electron chi connectivity index (χ1n) is 7.39. The van der Waals surface area contributed by atoms with Crippen molar-refractivity contribution in [2.24, 2.45) is 0 Å². The van der Waals surface area contributed by atoms with Crippen LogP contribution in [-0.2, 0) is 6.54 Å². The van der Waals surface area contributed by atoms with Gasteiger partial charge < -0.3 is 10.1 Å². The fourth-order valence-corrected chi connectivity index (χ4v) is 1.96. The highest BCUT2D eigenvalue weighted by molar-refractivity contribution is 5.48. The van der Waals surface area contributed by atoms with Crippen LogP contribution < -0.4 is 10.1 Å². The van der Waals surface area contributed by atoms with E-state index in [1.807, 2.05) is 36.4 Å². The lowest BCUT2D eigenvalue weighted by Crippen LogP contribution is -2.15. The molecule has 0 aliphatic carbocycles. The Hall–Kier alpha value is -2.13. The summed E-state index contributed by atoms with van der Waals surface area (Å²) in [7, 11) is 0. The van der Waals surface area contributed by atoms with E-state index in [1.54, 1.807) is 6.20 Å². The number of hydrogen-bond donors (Lipinski definition) is 1. The Labute approximate surface area is 126 Å². The van der Waals surface area contributed by atoms with Crippen LogP contribution in [0.25, 0.3) is 6.08 Å². The molecule has 110 valence electrons. The number of aromatic nitrogens is 1. The SMILES string of the molecule is CCCNCc1cccnc1OCC=Cc1ccccc1. The van der Waals surface area contributed by atoms with Crippen LogP contribution in [0.5, 0.6) is 5.88 Å². The Morgan fingerprint density at radius 2 is 2.00 bits per heavy atom. The average molecular weight is 282 g/mol. The summed E-state index contributed by atoms with van der Waals surface area (Å²) in [5, 5.41) is 3.37. The lowest BCUT2D eigenvalue weighted by Gasteiger charge is -2.09. The molecular weight excluding hydrogens is 260 g/mol. The van der Waals surface area contributed by atoms with Crippen molar-refractivity contribution in [3.05, 3.63) is 65.9 Å². The highest BCUT2D eigenvalue weighted by Gasteiger charge is 2.02. The van der Waals surface area contributed by atoms with Gasteiger partial charge in [0.15, 0.2) is 0 Å². The van der Waals surface area contributed by atoms with E-state index < -0.39 is 0 Å². The fourth-order valence-electron chi connectivity index (χ4n) is 1.96. The zero-order valence-electron chi connectivity index (χ0n) is 12.5. The minimum Gasteiger partial charge on any atom is -0.473 e. The van der Waals surface area contributed by atoms with Crippen LogP contribution in [0.4, 0.5) is 0 Å². The molecule has 1 heterocycles. The predicted octanol–water partition coefficient (Wildman–Crippen LogP) is 3.67. The van der Waals surface area contributed by atoms with Crippen molar-refractivity contribution in [3.63, 3.8) is 0 Å². The molecular formula is C18H22N2O. The maximum Gasteiger partial charge on any atom is 0.218 e. The molecule has 2 aromatic rings. The molecule has 0 saturated carbocycles. The largest absolute Gasteiger partial charge is 0.473 e. The highest BCUT2D eigenvalue weighted by Crippen LogP contribution is 2.14. The topological polar surface area (TPSA) is 34.2 Å². The van der Waals surface area contributed by atoms with E-state index in [0.29, 0.717) is 12.5 Å². The number of rotatable bonds is 8. The quantitative estimate of drug-likeness (QED) is 0.750. The second-order valence-electron chi connectivity index (χ2n) is 4.77. The van der Waals surface area contributed by atoms with Crippen LogP contribution in [0.15, 0.2) is 54.7 Å². The third-order valence-corrected chi connectivity index (χ3v) is 3.02. The highest BCUT2D eigenvalue weighted by atomic mass is 16.5. The summed E-state index contributed by atoms with van der Waals surface area (Å²) in [6.07, 6.45) is 6.95. The van der Waals surface area contributed by atoms with Crippen LogP contribution in [0.3, 0.4) is 0 Å². The summed E-state index contributed by atoms with van der Waals surface area (Å²) >= 11 is 0. The summed E-state index contributed by atoms with van der Waals surface area (Å²) in [6.45, 7) is 4.47. The second kappa shape index (κ2) is 8.93. The summed E-state index contributed by atoms with van der Waals surface area (Å²) < 4.78 is 5.75. The molecule has 2 rings (SSSR count). The van der Waals surface area contributed by atoms with Gasteiger partial charge in [0.2, 0.25) is 5.88 Å².